The van der Waals surface area contributed by atoms with Crippen LogP contribution in [0.1, 0.15) is 26.2 Å². The number of rotatable bonds is 4. The van der Waals surface area contributed by atoms with Crippen LogP contribution in [-0.4, -0.2) is 35.6 Å². The Labute approximate surface area is 82.9 Å². The van der Waals surface area contributed by atoms with Crippen molar-refractivity contribution in [3.8, 4) is 0 Å². The van der Waals surface area contributed by atoms with Crippen LogP contribution in [0.5, 0.6) is 0 Å². The van der Waals surface area contributed by atoms with Crippen molar-refractivity contribution in [1.29, 1.82) is 0 Å². The molecule has 0 spiro atoms. The summed E-state index contributed by atoms with van der Waals surface area (Å²) in [4.78, 5) is 21.6. The molecule has 5 nitrogen and oxygen atoms in total. The van der Waals surface area contributed by atoms with Crippen LogP contribution in [0.2, 0.25) is 0 Å². The predicted molar refractivity (Wildman–Crippen MR) is 50.5 cm³/mol. The Balaban J connectivity index is 2.11. The largest absolute Gasteiger partial charge is 0.388 e. The number of hydrogen-bond donors (Lipinski definition) is 3. The first kappa shape index (κ1) is 11.0. The van der Waals surface area contributed by atoms with E-state index in [4.69, 9.17) is 0 Å². The molecule has 0 radical (unpaired) electrons. The molecular weight excluding hydrogens is 184 g/mol. The fraction of sp³-hybridized carbons (Fsp3) is 0.778. The lowest BCUT2D eigenvalue weighted by Gasteiger charge is -2.36. The SMILES string of the molecule is CC(=O)NCC(=O)NCC1(O)CCC1. The van der Waals surface area contributed by atoms with E-state index >= 15 is 0 Å². The summed E-state index contributed by atoms with van der Waals surface area (Å²) in [7, 11) is 0. The van der Waals surface area contributed by atoms with Gasteiger partial charge in [0.1, 0.15) is 0 Å². The van der Waals surface area contributed by atoms with Gasteiger partial charge in [-0.05, 0) is 19.3 Å². The molecule has 3 N–H and O–H groups in total. The number of hydrogen-bond acceptors (Lipinski definition) is 3. The van der Waals surface area contributed by atoms with Gasteiger partial charge in [-0.1, -0.05) is 0 Å². The second-order valence-electron chi connectivity index (χ2n) is 3.76. The van der Waals surface area contributed by atoms with Crippen LogP contribution in [0.15, 0.2) is 0 Å². The highest BCUT2D eigenvalue weighted by Gasteiger charge is 2.34. The first-order valence-electron chi connectivity index (χ1n) is 4.75. The topological polar surface area (TPSA) is 78.4 Å². The van der Waals surface area contributed by atoms with Crippen LogP contribution in [-0.2, 0) is 9.59 Å². The van der Waals surface area contributed by atoms with Crippen LogP contribution in [0.25, 0.3) is 0 Å². The van der Waals surface area contributed by atoms with Crippen molar-refractivity contribution in [1.82, 2.24) is 10.6 Å². The molecule has 80 valence electrons. The van der Waals surface area contributed by atoms with E-state index in [1.807, 2.05) is 0 Å². The van der Waals surface area contributed by atoms with Crippen LogP contribution >= 0.6 is 0 Å². The number of nitrogens with one attached hydrogen (secondary N) is 2. The van der Waals surface area contributed by atoms with Gasteiger partial charge in [-0.2, -0.15) is 0 Å². The number of carbonyl (C=O) groups excluding carboxylic acids is 2. The Morgan fingerprint density at radius 2 is 2.00 bits per heavy atom. The normalized spacial score (nSPS) is 18.1. The van der Waals surface area contributed by atoms with Gasteiger partial charge in [-0.3, -0.25) is 9.59 Å². The molecule has 1 fully saturated rings. The van der Waals surface area contributed by atoms with E-state index in [-0.39, 0.29) is 24.9 Å². The summed E-state index contributed by atoms with van der Waals surface area (Å²) in [6.07, 6.45) is 2.50. The van der Waals surface area contributed by atoms with Gasteiger partial charge in [0.15, 0.2) is 0 Å². The molecule has 0 aromatic rings. The van der Waals surface area contributed by atoms with Crippen molar-refractivity contribution < 1.29 is 14.7 Å². The lowest BCUT2D eigenvalue weighted by atomic mass is 9.80. The number of carbonyl (C=O) groups is 2. The molecule has 0 aromatic carbocycles. The summed E-state index contributed by atoms with van der Waals surface area (Å²) < 4.78 is 0. The third-order valence-corrected chi connectivity index (χ3v) is 2.40. The highest BCUT2D eigenvalue weighted by molar-refractivity contribution is 5.83. The van der Waals surface area contributed by atoms with Crippen molar-refractivity contribution in [3.05, 3.63) is 0 Å². The van der Waals surface area contributed by atoms with E-state index in [9.17, 15) is 14.7 Å². The Morgan fingerprint density at radius 1 is 1.36 bits per heavy atom. The third kappa shape index (κ3) is 3.33. The molecule has 1 aliphatic rings. The molecule has 2 amide bonds. The predicted octanol–water partition coefficient (Wildman–Crippen LogP) is -0.846. The molecule has 1 saturated carbocycles. The quantitative estimate of drug-likeness (QED) is 0.553. The van der Waals surface area contributed by atoms with Gasteiger partial charge in [0.2, 0.25) is 11.8 Å². The second-order valence-corrected chi connectivity index (χ2v) is 3.76. The third-order valence-electron chi connectivity index (χ3n) is 2.40. The van der Waals surface area contributed by atoms with Gasteiger partial charge in [-0.25, -0.2) is 0 Å². The summed E-state index contributed by atoms with van der Waals surface area (Å²) in [5.74, 6) is -0.497. The molecule has 1 aliphatic carbocycles. The molecule has 0 atom stereocenters. The van der Waals surface area contributed by atoms with Crippen LogP contribution in [0, 0.1) is 0 Å². The minimum Gasteiger partial charge on any atom is -0.388 e. The zero-order valence-corrected chi connectivity index (χ0v) is 8.30. The monoisotopic (exact) mass is 200 g/mol. The van der Waals surface area contributed by atoms with Gasteiger partial charge in [0.05, 0.1) is 12.1 Å². The molecule has 14 heavy (non-hydrogen) atoms. The van der Waals surface area contributed by atoms with E-state index in [0.29, 0.717) is 0 Å². The van der Waals surface area contributed by atoms with Gasteiger partial charge >= 0.3 is 0 Å². The lowest BCUT2D eigenvalue weighted by molar-refractivity contribution is -0.126. The van der Waals surface area contributed by atoms with E-state index in [2.05, 4.69) is 10.6 Å². The smallest absolute Gasteiger partial charge is 0.239 e. The molecule has 0 aromatic heterocycles. The summed E-state index contributed by atoms with van der Waals surface area (Å²) >= 11 is 0. The van der Waals surface area contributed by atoms with E-state index in [0.717, 1.165) is 19.3 Å². The van der Waals surface area contributed by atoms with Crippen LogP contribution in [0.3, 0.4) is 0 Å². The van der Waals surface area contributed by atoms with Crippen molar-refractivity contribution in [2.75, 3.05) is 13.1 Å². The maximum atomic E-state index is 11.1. The molecule has 1 rings (SSSR count). The first-order chi connectivity index (χ1) is 6.52. The van der Waals surface area contributed by atoms with E-state index in [1.54, 1.807) is 0 Å². The highest BCUT2D eigenvalue weighted by atomic mass is 16.3. The summed E-state index contributed by atoms with van der Waals surface area (Å²) in [6.45, 7) is 1.61. The highest BCUT2D eigenvalue weighted by Crippen LogP contribution is 2.30. The minimum absolute atomic E-state index is 0.0224. The van der Waals surface area contributed by atoms with Crippen molar-refractivity contribution in [2.24, 2.45) is 0 Å². The molecule has 0 saturated heterocycles. The zero-order chi connectivity index (χ0) is 10.6. The van der Waals surface area contributed by atoms with Gasteiger partial charge in [0, 0.05) is 13.5 Å². The van der Waals surface area contributed by atoms with Crippen LogP contribution < -0.4 is 10.6 Å². The maximum absolute atomic E-state index is 11.1. The van der Waals surface area contributed by atoms with Crippen molar-refractivity contribution >= 4 is 11.8 Å². The average molecular weight is 200 g/mol. The van der Waals surface area contributed by atoms with Gasteiger partial charge < -0.3 is 15.7 Å². The average Bonchev–Trinajstić information content (AvgIpc) is 2.08. The Bertz CT molecular complexity index is 236. The van der Waals surface area contributed by atoms with Gasteiger partial charge in [-0.15, -0.1) is 0 Å². The number of amides is 2. The number of aliphatic hydroxyl groups is 1. The Hall–Kier alpha value is -1.10. The standard InChI is InChI=1S/C9H16N2O3/c1-7(12)10-5-8(13)11-6-9(14)3-2-4-9/h14H,2-6H2,1H3,(H,10,12)(H,11,13). The second kappa shape index (κ2) is 4.41. The molecule has 0 unspecified atom stereocenters. The molecule has 0 aliphatic heterocycles. The fourth-order valence-electron chi connectivity index (χ4n) is 1.29. The van der Waals surface area contributed by atoms with Crippen molar-refractivity contribution in [2.45, 2.75) is 31.8 Å². The zero-order valence-electron chi connectivity index (χ0n) is 8.30. The first-order valence-corrected chi connectivity index (χ1v) is 4.75. The summed E-state index contributed by atoms with van der Waals surface area (Å²) in [5, 5.41) is 14.6. The fourth-order valence-corrected chi connectivity index (χ4v) is 1.29. The Morgan fingerprint density at radius 3 is 2.43 bits per heavy atom. The van der Waals surface area contributed by atoms with Crippen LogP contribution in [0.4, 0.5) is 0 Å². The van der Waals surface area contributed by atoms with Gasteiger partial charge in [0.25, 0.3) is 0 Å². The van der Waals surface area contributed by atoms with Crippen molar-refractivity contribution in [3.63, 3.8) is 0 Å². The lowest BCUT2D eigenvalue weighted by Crippen LogP contribution is -2.49. The Kier molecular flexibility index (Phi) is 3.46. The molecular formula is C9H16N2O3. The maximum Gasteiger partial charge on any atom is 0.239 e. The molecule has 0 bridgehead atoms. The van der Waals surface area contributed by atoms with E-state index in [1.165, 1.54) is 6.92 Å². The molecule has 5 heteroatoms. The van der Waals surface area contributed by atoms with E-state index < -0.39 is 5.60 Å². The molecule has 0 heterocycles. The summed E-state index contributed by atoms with van der Waals surface area (Å²) in [6, 6.07) is 0. The minimum atomic E-state index is -0.702. The summed E-state index contributed by atoms with van der Waals surface area (Å²) in [5.41, 5.74) is -0.702.